The van der Waals surface area contributed by atoms with E-state index in [4.69, 9.17) is 21.4 Å². The molecule has 1 N–H and O–H groups in total. The second-order valence-corrected chi connectivity index (χ2v) is 8.24. The predicted octanol–water partition coefficient (Wildman–Crippen LogP) is 8.09. The number of carbonyl (C=O) groups is 1. The highest BCUT2D eigenvalue weighted by Gasteiger charge is 2.04. The molecule has 0 saturated carbocycles. The molecule has 2 aromatic rings. The predicted molar refractivity (Wildman–Crippen MR) is 129 cm³/mol. The number of hydrogen-bond acceptors (Lipinski definition) is 3. The van der Waals surface area contributed by atoms with Gasteiger partial charge in [-0.3, -0.25) is 4.99 Å². The van der Waals surface area contributed by atoms with E-state index in [9.17, 15) is 4.79 Å². The van der Waals surface area contributed by atoms with Gasteiger partial charge in [0.05, 0.1) is 22.9 Å². The first-order valence-electron chi connectivity index (χ1n) is 11.4. The van der Waals surface area contributed by atoms with E-state index in [1.165, 1.54) is 57.8 Å². The average Bonchev–Trinajstić information content (AvgIpc) is 2.77. The van der Waals surface area contributed by atoms with Gasteiger partial charge in [-0.05, 0) is 42.3 Å². The summed E-state index contributed by atoms with van der Waals surface area (Å²) in [6.07, 6.45) is 14.7. The van der Waals surface area contributed by atoms with Crippen LogP contribution in [0, 0.1) is 0 Å². The zero-order valence-corrected chi connectivity index (χ0v) is 19.2. The van der Waals surface area contributed by atoms with Crippen LogP contribution in [0.25, 0.3) is 0 Å². The van der Waals surface area contributed by atoms with E-state index >= 15 is 0 Å². The van der Waals surface area contributed by atoms with Gasteiger partial charge in [0, 0.05) is 6.21 Å². The third kappa shape index (κ3) is 10.0. The monoisotopic (exact) mass is 443 g/mol. The van der Waals surface area contributed by atoms with E-state index in [1.807, 2.05) is 12.1 Å². The minimum Gasteiger partial charge on any atom is -0.492 e. The molecule has 0 aliphatic heterocycles. The Morgan fingerprint density at radius 1 is 0.935 bits per heavy atom. The minimum absolute atomic E-state index is 0.254. The lowest BCUT2D eigenvalue weighted by atomic mass is 10.1. The van der Waals surface area contributed by atoms with E-state index in [0.717, 1.165) is 17.7 Å². The van der Waals surface area contributed by atoms with Crippen molar-refractivity contribution in [3.8, 4) is 5.75 Å². The standard InChI is InChI=1S/C26H34ClNO3/c1-2-3-4-5-6-7-8-9-10-11-18-31-25-17-16-23(19-24(25)27)28-20-21-12-14-22(15-13-21)26(29)30/h12-17,19-20H,2-11,18H2,1H3,(H,29,30). The molecule has 0 unspecified atom stereocenters. The molecule has 0 aromatic heterocycles. The van der Waals surface area contributed by atoms with Gasteiger partial charge in [-0.15, -0.1) is 0 Å². The normalized spacial score (nSPS) is 11.2. The van der Waals surface area contributed by atoms with Gasteiger partial charge in [-0.25, -0.2) is 4.79 Å². The Morgan fingerprint density at radius 3 is 2.13 bits per heavy atom. The molecule has 0 atom stereocenters. The summed E-state index contributed by atoms with van der Waals surface area (Å²) in [4.78, 5) is 15.3. The molecule has 168 valence electrons. The van der Waals surface area contributed by atoms with Gasteiger partial charge in [0.1, 0.15) is 5.75 Å². The van der Waals surface area contributed by atoms with Crippen molar-refractivity contribution < 1.29 is 14.6 Å². The molecule has 0 saturated heterocycles. The van der Waals surface area contributed by atoms with Crippen molar-refractivity contribution in [1.29, 1.82) is 0 Å². The van der Waals surface area contributed by atoms with Gasteiger partial charge in [0.15, 0.2) is 0 Å². The van der Waals surface area contributed by atoms with Crippen LogP contribution in [0.5, 0.6) is 5.75 Å². The minimum atomic E-state index is -0.941. The summed E-state index contributed by atoms with van der Waals surface area (Å²) in [5, 5.41) is 9.48. The van der Waals surface area contributed by atoms with Crippen LogP contribution in [0.3, 0.4) is 0 Å². The molecule has 0 aliphatic carbocycles. The summed E-state index contributed by atoms with van der Waals surface area (Å²) >= 11 is 6.34. The molecular weight excluding hydrogens is 410 g/mol. The number of aliphatic imine (C=N–C) groups is 1. The Morgan fingerprint density at radius 2 is 1.55 bits per heavy atom. The van der Waals surface area contributed by atoms with Crippen LogP contribution >= 0.6 is 11.6 Å². The third-order valence-corrected chi connectivity index (χ3v) is 5.49. The van der Waals surface area contributed by atoms with Gasteiger partial charge in [0.2, 0.25) is 0 Å². The lowest BCUT2D eigenvalue weighted by Crippen LogP contribution is -1.97. The summed E-state index contributed by atoms with van der Waals surface area (Å²) in [6, 6.07) is 12.0. The lowest BCUT2D eigenvalue weighted by Gasteiger charge is -2.08. The zero-order chi connectivity index (χ0) is 22.3. The number of unbranched alkanes of at least 4 members (excludes halogenated alkanes) is 9. The zero-order valence-electron chi connectivity index (χ0n) is 18.5. The van der Waals surface area contributed by atoms with Crippen molar-refractivity contribution in [3.63, 3.8) is 0 Å². The Labute approximate surface area is 191 Å². The van der Waals surface area contributed by atoms with Gasteiger partial charge in [-0.2, -0.15) is 0 Å². The van der Waals surface area contributed by atoms with Gasteiger partial charge in [0.25, 0.3) is 0 Å². The highest BCUT2D eigenvalue weighted by molar-refractivity contribution is 6.32. The molecule has 0 spiro atoms. The molecule has 4 nitrogen and oxygen atoms in total. The SMILES string of the molecule is CCCCCCCCCCCCOc1ccc(N=Cc2ccc(C(=O)O)cc2)cc1Cl. The Balaban J connectivity index is 1.66. The van der Waals surface area contributed by atoms with E-state index in [2.05, 4.69) is 11.9 Å². The summed E-state index contributed by atoms with van der Waals surface area (Å²) in [7, 11) is 0. The highest BCUT2D eigenvalue weighted by Crippen LogP contribution is 2.29. The molecule has 0 bridgehead atoms. The van der Waals surface area contributed by atoms with E-state index in [0.29, 0.717) is 17.4 Å². The van der Waals surface area contributed by atoms with Crippen molar-refractivity contribution >= 4 is 29.5 Å². The Bertz CT molecular complexity index is 818. The Kier molecular flexibility index (Phi) is 11.8. The van der Waals surface area contributed by atoms with Crippen LogP contribution in [-0.4, -0.2) is 23.9 Å². The summed E-state index contributed by atoms with van der Waals surface area (Å²) in [5.41, 5.74) is 1.80. The summed E-state index contributed by atoms with van der Waals surface area (Å²) in [5.74, 6) is -0.258. The van der Waals surface area contributed by atoms with Crippen LogP contribution < -0.4 is 4.74 Å². The lowest BCUT2D eigenvalue weighted by molar-refractivity contribution is 0.0697. The maximum absolute atomic E-state index is 10.9. The second kappa shape index (κ2) is 14.6. The van der Waals surface area contributed by atoms with E-state index in [-0.39, 0.29) is 5.56 Å². The smallest absolute Gasteiger partial charge is 0.335 e. The van der Waals surface area contributed by atoms with E-state index in [1.54, 1.807) is 36.5 Å². The quantitative estimate of drug-likeness (QED) is 0.223. The third-order valence-electron chi connectivity index (χ3n) is 5.19. The maximum Gasteiger partial charge on any atom is 0.335 e. The fraction of sp³-hybridized carbons (Fsp3) is 0.462. The summed E-state index contributed by atoms with van der Waals surface area (Å²) < 4.78 is 5.82. The molecule has 2 rings (SSSR count). The largest absolute Gasteiger partial charge is 0.492 e. The average molecular weight is 444 g/mol. The molecule has 0 fully saturated rings. The fourth-order valence-electron chi connectivity index (χ4n) is 3.32. The number of nitrogens with zero attached hydrogens (tertiary/aromatic N) is 1. The van der Waals surface area contributed by atoms with Gasteiger partial charge in [-0.1, -0.05) is 88.4 Å². The number of carboxylic acid groups (broad SMARTS) is 1. The van der Waals surface area contributed by atoms with Crippen molar-refractivity contribution in [2.24, 2.45) is 4.99 Å². The molecule has 0 radical (unpaired) electrons. The van der Waals surface area contributed by atoms with Crippen LogP contribution in [0.2, 0.25) is 5.02 Å². The fourth-order valence-corrected chi connectivity index (χ4v) is 3.55. The van der Waals surface area contributed by atoms with Crippen molar-refractivity contribution in [2.75, 3.05) is 6.61 Å². The molecule has 2 aromatic carbocycles. The van der Waals surface area contributed by atoms with Gasteiger partial charge >= 0.3 is 5.97 Å². The number of hydrogen-bond donors (Lipinski definition) is 1. The first-order valence-corrected chi connectivity index (χ1v) is 11.8. The van der Waals surface area contributed by atoms with Crippen LogP contribution in [0.1, 0.15) is 87.1 Å². The molecular formula is C26H34ClNO3. The number of aromatic carboxylic acids is 1. The van der Waals surface area contributed by atoms with Gasteiger partial charge < -0.3 is 9.84 Å². The number of benzene rings is 2. The van der Waals surface area contributed by atoms with Crippen molar-refractivity contribution in [1.82, 2.24) is 0 Å². The molecule has 0 heterocycles. The van der Waals surface area contributed by atoms with Crippen molar-refractivity contribution in [3.05, 3.63) is 58.6 Å². The van der Waals surface area contributed by atoms with Crippen molar-refractivity contribution in [2.45, 2.75) is 71.1 Å². The van der Waals surface area contributed by atoms with Crippen LogP contribution in [0.4, 0.5) is 5.69 Å². The Hall–Kier alpha value is -2.33. The number of ether oxygens (including phenoxy) is 1. The second-order valence-electron chi connectivity index (χ2n) is 7.83. The van der Waals surface area contributed by atoms with Crippen LogP contribution in [-0.2, 0) is 0 Å². The molecule has 5 heteroatoms. The van der Waals surface area contributed by atoms with Crippen LogP contribution in [0.15, 0.2) is 47.5 Å². The molecule has 31 heavy (non-hydrogen) atoms. The molecule has 0 aliphatic rings. The topological polar surface area (TPSA) is 58.9 Å². The molecule has 0 amide bonds. The van der Waals surface area contributed by atoms with E-state index < -0.39 is 5.97 Å². The number of rotatable bonds is 15. The summed E-state index contributed by atoms with van der Waals surface area (Å²) in [6.45, 7) is 2.93. The number of carboxylic acids is 1. The number of halogens is 1. The first-order chi connectivity index (χ1) is 15.1. The first kappa shape index (κ1) is 24.9. The maximum atomic E-state index is 10.9. The highest BCUT2D eigenvalue weighted by atomic mass is 35.5.